The van der Waals surface area contributed by atoms with Gasteiger partial charge in [-0.05, 0) is 41.8 Å². The van der Waals surface area contributed by atoms with Crippen LogP contribution in [0.25, 0.3) is 21.8 Å². The number of rotatable bonds is 10. The first-order valence-electron chi connectivity index (χ1n) is 11.4. The predicted molar refractivity (Wildman–Crippen MR) is 147 cm³/mol. The van der Waals surface area contributed by atoms with Gasteiger partial charge >= 0.3 is 0 Å². The highest BCUT2D eigenvalue weighted by atomic mass is 32.2. The quantitative estimate of drug-likeness (QED) is 0.267. The third kappa shape index (κ3) is 6.31. The number of aliphatic hydroxyl groups excluding tert-OH is 1. The molecule has 0 aliphatic heterocycles. The highest BCUT2D eigenvalue weighted by Gasteiger charge is 2.17. The number of aromatic nitrogens is 1. The number of hydrogen-bond acceptors (Lipinski definition) is 8. The number of anilines is 3. The first-order chi connectivity index (χ1) is 17.0. The Hall–Kier alpha value is -3.21. The molecule has 36 heavy (non-hydrogen) atoms. The third-order valence-electron chi connectivity index (χ3n) is 5.85. The van der Waals surface area contributed by atoms with E-state index in [-0.39, 0.29) is 31.1 Å². The zero-order valence-corrected chi connectivity index (χ0v) is 21.8. The average molecular weight is 528 g/mol. The summed E-state index contributed by atoms with van der Waals surface area (Å²) in [5.41, 5.74) is 4.94. The summed E-state index contributed by atoms with van der Waals surface area (Å²) in [6.45, 7) is -0.0835. The number of para-hydroxylation sites is 2. The molecule has 1 heterocycles. The summed E-state index contributed by atoms with van der Waals surface area (Å²) in [5.74, 6) is -0.164. The lowest BCUT2D eigenvalue weighted by molar-refractivity contribution is 0.282. The second-order valence-electron chi connectivity index (χ2n) is 8.91. The van der Waals surface area contributed by atoms with E-state index in [2.05, 4.69) is 10.6 Å². The Balaban J connectivity index is 1.87. The van der Waals surface area contributed by atoms with E-state index in [1.807, 2.05) is 48.5 Å². The molecule has 0 fully saturated rings. The molecule has 0 unspecified atom stereocenters. The number of fused-ring (bicyclic) bond motifs is 2. The Morgan fingerprint density at radius 3 is 1.92 bits per heavy atom. The maximum Gasteiger partial charge on any atom is 0.149 e. The lowest BCUT2D eigenvalue weighted by Gasteiger charge is -2.21. The summed E-state index contributed by atoms with van der Waals surface area (Å²) in [6.07, 6.45) is 2.55. The van der Waals surface area contributed by atoms with E-state index < -0.39 is 19.7 Å². The van der Waals surface area contributed by atoms with E-state index in [9.17, 15) is 21.9 Å². The van der Waals surface area contributed by atoms with Crippen LogP contribution in [0.3, 0.4) is 0 Å². The highest BCUT2D eigenvalue weighted by molar-refractivity contribution is 7.90. The van der Waals surface area contributed by atoms with Crippen LogP contribution < -0.4 is 10.6 Å². The molecule has 0 spiro atoms. The predicted octanol–water partition coefficient (Wildman–Crippen LogP) is 3.67. The molecule has 0 amide bonds. The van der Waals surface area contributed by atoms with Crippen molar-refractivity contribution in [3.63, 3.8) is 0 Å². The molecule has 4 rings (SSSR count). The van der Waals surface area contributed by atoms with Gasteiger partial charge < -0.3 is 15.7 Å². The number of nitrogens with zero attached hydrogens (tertiary/aromatic N) is 1. The number of benzene rings is 3. The van der Waals surface area contributed by atoms with Crippen LogP contribution in [0, 0.1) is 0 Å². The molecule has 0 aliphatic rings. The van der Waals surface area contributed by atoms with Gasteiger partial charge in [0.2, 0.25) is 0 Å². The Morgan fingerprint density at radius 1 is 0.806 bits per heavy atom. The third-order valence-corrected chi connectivity index (χ3v) is 7.74. The lowest BCUT2D eigenvalue weighted by atomic mass is 10.0. The standard InChI is InChI=1S/C26H29N3O5S2/c1-35(31,32)13-11-19-24(27-12-14-36(2,33)34)15-18(17-30)16-25(19)29-26-20-7-3-5-9-22(20)28-23-10-6-4-8-21(23)26/h3-10,15-16,27,30H,11-14,17H2,1-2H3,(H,28,29). The topological polar surface area (TPSA) is 125 Å². The van der Waals surface area contributed by atoms with E-state index in [1.165, 1.54) is 6.26 Å². The van der Waals surface area contributed by atoms with Gasteiger partial charge in [-0.2, -0.15) is 0 Å². The zero-order valence-electron chi connectivity index (χ0n) is 20.2. The molecule has 3 N–H and O–H groups in total. The minimum absolute atomic E-state index is 0.0791. The molecule has 0 aliphatic carbocycles. The number of aliphatic hydroxyl groups is 1. The number of hydrogen-bond donors (Lipinski definition) is 3. The van der Waals surface area contributed by atoms with Crippen molar-refractivity contribution >= 4 is 58.5 Å². The van der Waals surface area contributed by atoms with Crippen LogP contribution in [0.2, 0.25) is 0 Å². The fourth-order valence-corrected chi connectivity index (χ4v) is 5.18. The van der Waals surface area contributed by atoms with Crippen LogP contribution in [0.15, 0.2) is 60.7 Å². The first kappa shape index (κ1) is 25.9. The lowest BCUT2D eigenvalue weighted by Crippen LogP contribution is -2.17. The van der Waals surface area contributed by atoms with Gasteiger partial charge in [-0.25, -0.2) is 21.8 Å². The zero-order chi connectivity index (χ0) is 25.9. The van der Waals surface area contributed by atoms with Crippen molar-refractivity contribution in [3.05, 3.63) is 71.8 Å². The van der Waals surface area contributed by atoms with Crippen LogP contribution >= 0.6 is 0 Å². The van der Waals surface area contributed by atoms with Crippen LogP contribution in [-0.4, -0.2) is 57.5 Å². The van der Waals surface area contributed by atoms with Crippen molar-refractivity contribution in [1.29, 1.82) is 0 Å². The van der Waals surface area contributed by atoms with E-state index in [1.54, 1.807) is 12.1 Å². The van der Waals surface area contributed by atoms with Crippen LogP contribution in [0.4, 0.5) is 17.1 Å². The summed E-state index contributed by atoms with van der Waals surface area (Å²) in [4.78, 5) is 4.76. The molecule has 190 valence electrons. The van der Waals surface area contributed by atoms with Crippen molar-refractivity contribution < 1.29 is 21.9 Å². The second kappa shape index (κ2) is 10.4. The molecule has 4 aromatic rings. The summed E-state index contributed by atoms with van der Waals surface area (Å²) >= 11 is 0. The summed E-state index contributed by atoms with van der Waals surface area (Å²) < 4.78 is 47.4. The minimum Gasteiger partial charge on any atom is -0.392 e. The van der Waals surface area contributed by atoms with E-state index in [0.29, 0.717) is 22.5 Å². The van der Waals surface area contributed by atoms with Gasteiger partial charge in [0, 0.05) is 41.2 Å². The van der Waals surface area contributed by atoms with Gasteiger partial charge in [-0.1, -0.05) is 36.4 Å². The van der Waals surface area contributed by atoms with Crippen molar-refractivity contribution in [2.45, 2.75) is 13.0 Å². The van der Waals surface area contributed by atoms with Crippen molar-refractivity contribution in [2.75, 3.05) is 41.2 Å². The van der Waals surface area contributed by atoms with Gasteiger partial charge in [-0.3, -0.25) is 0 Å². The second-order valence-corrected chi connectivity index (χ2v) is 13.4. The van der Waals surface area contributed by atoms with E-state index >= 15 is 0 Å². The van der Waals surface area contributed by atoms with Crippen molar-refractivity contribution in [1.82, 2.24) is 4.98 Å². The van der Waals surface area contributed by atoms with E-state index in [4.69, 9.17) is 4.98 Å². The summed E-state index contributed by atoms with van der Waals surface area (Å²) in [5, 5.41) is 18.4. The van der Waals surface area contributed by atoms with Gasteiger partial charge in [-0.15, -0.1) is 0 Å². The molecular formula is C26H29N3O5S2. The fraction of sp³-hybridized carbons (Fsp3) is 0.269. The Kier molecular flexibility index (Phi) is 7.49. The van der Waals surface area contributed by atoms with Crippen LogP contribution in [0.5, 0.6) is 0 Å². The summed E-state index contributed by atoms with van der Waals surface area (Å²) in [7, 11) is -6.46. The SMILES string of the molecule is CS(=O)(=O)CCNc1cc(CO)cc(Nc2c3ccccc3nc3ccccc23)c1CCS(C)(=O)=O. The number of pyridine rings is 1. The molecule has 3 aromatic carbocycles. The Morgan fingerprint density at radius 2 is 1.36 bits per heavy atom. The molecule has 0 saturated carbocycles. The van der Waals surface area contributed by atoms with Gasteiger partial charge in [0.1, 0.15) is 19.7 Å². The van der Waals surface area contributed by atoms with Crippen LogP contribution in [-0.2, 0) is 32.7 Å². The first-order valence-corrected chi connectivity index (χ1v) is 15.6. The average Bonchev–Trinajstić information content (AvgIpc) is 2.81. The van der Waals surface area contributed by atoms with E-state index in [0.717, 1.165) is 33.7 Å². The van der Waals surface area contributed by atoms with Gasteiger partial charge in [0.25, 0.3) is 0 Å². The van der Waals surface area contributed by atoms with Crippen LogP contribution in [0.1, 0.15) is 11.1 Å². The van der Waals surface area contributed by atoms with Gasteiger partial charge in [0.15, 0.2) is 0 Å². The van der Waals surface area contributed by atoms with Crippen molar-refractivity contribution in [2.24, 2.45) is 0 Å². The molecule has 0 radical (unpaired) electrons. The highest BCUT2D eigenvalue weighted by Crippen LogP contribution is 2.36. The smallest absolute Gasteiger partial charge is 0.149 e. The normalized spacial score (nSPS) is 12.2. The molecule has 0 saturated heterocycles. The maximum absolute atomic E-state index is 12.0. The Labute approximate surface area is 211 Å². The molecule has 0 atom stereocenters. The molecule has 8 nitrogen and oxygen atoms in total. The fourth-order valence-electron chi connectivity index (χ4n) is 4.13. The number of sulfone groups is 2. The minimum atomic E-state index is -3.27. The Bertz CT molecular complexity index is 1580. The van der Waals surface area contributed by atoms with Crippen molar-refractivity contribution in [3.8, 4) is 0 Å². The molecule has 1 aromatic heterocycles. The molecule has 10 heteroatoms. The maximum atomic E-state index is 12.0. The number of nitrogens with one attached hydrogen (secondary N) is 2. The van der Waals surface area contributed by atoms with Gasteiger partial charge in [0.05, 0.1) is 34.8 Å². The monoisotopic (exact) mass is 527 g/mol. The molecule has 0 bridgehead atoms. The summed E-state index contributed by atoms with van der Waals surface area (Å²) in [6, 6.07) is 19.0. The largest absolute Gasteiger partial charge is 0.392 e. The molecular weight excluding hydrogens is 498 g/mol.